The van der Waals surface area contributed by atoms with Crippen LogP contribution in [-0.4, -0.2) is 17.1 Å². The molecule has 0 aliphatic rings. The van der Waals surface area contributed by atoms with Gasteiger partial charge >= 0.3 is 0 Å². The summed E-state index contributed by atoms with van der Waals surface area (Å²) in [7, 11) is 1.59. The van der Waals surface area contributed by atoms with Crippen molar-refractivity contribution in [3.63, 3.8) is 0 Å². The van der Waals surface area contributed by atoms with Crippen molar-refractivity contribution < 1.29 is 9.15 Å². The highest BCUT2D eigenvalue weighted by Gasteiger charge is 2.05. The van der Waals surface area contributed by atoms with E-state index >= 15 is 0 Å². The summed E-state index contributed by atoms with van der Waals surface area (Å²) >= 11 is 0. The van der Waals surface area contributed by atoms with Gasteiger partial charge in [-0.15, -0.1) is 0 Å². The van der Waals surface area contributed by atoms with Gasteiger partial charge in [0.2, 0.25) is 5.88 Å². The van der Waals surface area contributed by atoms with E-state index in [9.17, 15) is 0 Å². The molecule has 3 N–H and O–H groups in total. The van der Waals surface area contributed by atoms with Gasteiger partial charge in [-0.1, -0.05) is 6.07 Å². The van der Waals surface area contributed by atoms with Crippen molar-refractivity contribution in [1.82, 2.24) is 9.97 Å². The monoisotopic (exact) mass is 270 g/mol. The van der Waals surface area contributed by atoms with E-state index in [0.29, 0.717) is 29.7 Å². The van der Waals surface area contributed by atoms with Crippen LogP contribution >= 0.6 is 0 Å². The number of nitrogens with two attached hydrogens (primary N) is 1. The summed E-state index contributed by atoms with van der Waals surface area (Å²) in [6, 6.07) is 9.57. The van der Waals surface area contributed by atoms with Crippen LogP contribution in [0.15, 0.2) is 40.9 Å². The Balaban J connectivity index is 1.72. The summed E-state index contributed by atoms with van der Waals surface area (Å²) in [5.41, 5.74) is 8.80. The first-order valence-electron chi connectivity index (χ1n) is 6.13. The maximum atomic E-state index is 5.70. The van der Waals surface area contributed by atoms with Gasteiger partial charge in [0.25, 0.3) is 6.01 Å². The molecule has 0 spiro atoms. The van der Waals surface area contributed by atoms with E-state index in [-0.39, 0.29) is 0 Å². The molecule has 0 unspecified atom stereocenters. The molecule has 1 aromatic carbocycles. The van der Waals surface area contributed by atoms with E-state index in [1.165, 1.54) is 0 Å². The smallest absolute Gasteiger partial charge is 0.295 e. The first-order valence-corrected chi connectivity index (χ1v) is 6.13. The van der Waals surface area contributed by atoms with Crippen LogP contribution in [-0.2, 0) is 6.54 Å². The number of anilines is 2. The molecule has 0 radical (unpaired) electrons. The second kappa shape index (κ2) is 5.08. The standard InChI is InChI=1S/C14H14N4O2/c1-19-13-5-2-9(7-16-13)8-17-14-18-11-4-3-10(15)6-12(11)20-14/h2-7H,8,15H2,1H3,(H,17,18). The van der Waals surface area contributed by atoms with Gasteiger partial charge in [-0.25, -0.2) is 4.98 Å². The number of hydrogen-bond donors (Lipinski definition) is 2. The largest absolute Gasteiger partial charge is 0.481 e. The highest BCUT2D eigenvalue weighted by molar-refractivity contribution is 5.78. The third kappa shape index (κ3) is 2.49. The Morgan fingerprint density at radius 1 is 1.30 bits per heavy atom. The number of nitrogens with one attached hydrogen (secondary N) is 1. The van der Waals surface area contributed by atoms with E-state index in [2.05, 4.69) is 15.3 Å². The average molecular weight is 270 g/mol. The highest BCUT2D eigenvalue weighted by Crippen LogP contribution is 2.21. The quantitative estimate of drug-likeness (QED) is 0.708. The van der Waals surface area contributed by atoms with Crippen LogP contribution in [0.1, 0.15) is 5.56 Å². The lowest BCUT2D eigenvalue weighted by molar-refractivity contribution is 0.397. The lowest BCUT2D eigenvalue weighted by atomic mass is 10.3. The van der Waals surface area contributed by atoms with Crippen molar-refractivity contribution in [3.05, 3.63) is 42.1 Å². The molecule has 3 rings (SSSR count). The molecule has 3 aromatic rings. The minimum atomic E-state index is 0.460. The molecular formula is C14H14N4O2. The van der Waals surface area contributed by atoms with E-state index in [1.54, 1.807) is 25.4 Å². The number of fused-ring (bicyclic) bond motifs is 1. The van der Waals surface area contributed by atoms with E-state index in [4.69, 9.17) is 14.9 Å². The normalized spacial score (nSPS) is 10.7. The third-order valence-corrected chi connectivity index (χ3v) is 2.86. The van der Waals surface area contributed by atoms with Gasteiger partial charge in [-0.3, -0.25) is 0 Å². The topological polar surface area (TPSA) is 86.2 Å². The van der Waals surface area contributed by atoms with Gasteiger partial charge in [0, 0.05) is 30.6 Å². The molecule has 0 amide bonds. The maximum Gasteiger partial charge on any atom is 0.295 e. The third-order valence-electron chi connectivity index (χ3n) is 2.86. The molecule has 2 aromatic heterocycles. The summed E-state index contributed by atoms with van der Waals surface area (Å²) in [5.74, 6) is 0.589. The average Bonchev–Trinajstić information content (AvgIpc) is 2.87. The molecule has 0 fully saturated rings. The number of oxazole rings is 1. The van der Waals surface area contributed by atoms with Crippen molar-refractivity contribution in [3.8, 4) is 5.88 Å². The first kappa shape index (κ1) is 12.3. The van der Waals surface area contributed by atoms with E-state index < -0.39 is 0 Å². The van der Waals surface area contributed by atoms with Crippen LogP contribution in [0.2, 0.25) is 0 Å². The van der Waals surface area contributed by atoms with Crippen LogP contribution in [0.4, 0.5) is 11.7 Å². The summed E-state index contributed by atoms with van der Waals surface area (Å²) in [6.07, 6.45) is 1.74. The summed E-state index contributed by atoms with van der Waals surface area (Å²) in [4.78, 5) is 8.46. The number of hydrogen-bond acceptors (Lipinski definition) is 6. The Morgan fingerprint density at radius 2 is 2.20 bits per heavy atom. The van der Waals surface area contributed by atoms with E-state index in [1.807, 2.05) is 18.2 Å². The van der Waals surface area contributed by atoms with Crippen molar-refractivity contribution in [2.24, 2.45) is 0 Å². The maximum absolute atomic E-state index is 5.70. The Bertz CT molecular complexity index is 722. The molecule has 0 saturated carbocycles. The van der Waals surface area contributed by atoms with Crippen LogP contribution in [0.3, 0.4) is 0 Å². The van der Waals surface area contributed by atoms with Crippen LogP contribution in [0.5, 0.6) is 5.88 Å². The number of benzene rings is 1. The minimum absolute atomic E-state index is 0.460. The fourth-order valence-electron chi connectivity index (χ4n) is 1.83. The highest BCUT2D eigenvalue weighted by atomic mass is 16.5. The Hall–Kier alpha value is -2.76. The van der Waals surface area contributed by atoms with Crippen molar-refractivity contribution in [2.75, 3.05) is 18.2 Å². The lowest BCUT2D eigenvalue weighted by Gasteiger charge is -2.02. The Morgan fingerprint density at radius 3 is 2.95 bits per heavy atom. The zero-order chi connectivity index (χ0) is 13.9. The molecule has 2 heterocycles. The van der Waals surface area contributed by atoms with Crippen LogP contribution < -0.4 is 15.8 Å². The van der Waals surface area contributed by atoms with E-state index in [0.717, 1.165) is 11.1 Å². The summed E-state index contributed by atoms with van der Waals surface area (Å²) < 4.78 is 10.6. The number of ether oxygens (including phenoxy) is 1. The van der Waals surface area contributed by atoms with Crippen LogP contribution in [0, 0.1) is 0 Å². The molecule has 20 heavy (non-hydrogen) atoms. The molecule has 0 atom stereocenters. The number of nitrogen functional groups attached to an aromatic ring is 1. The molecule has 0 saturated heterocycles. The molecule has 0 aliphatic heterocycles. The van der Waals surface area contributed by atoms with Gasteiger partial charge in [0.15, 0.2) is 5.58 Å². The molecular weight excluding hydrogens is 256 g/mol. The Kier molecular flexibility index (Phi) is 3.12. The fraction of sp³-hybridized carbons (Fsp3) is 0.143. The molecule has 6 nitrogen and oxygen atoms in total. The summed E-state index contributed by atoms with van der Waals surface area (Å²) in [6.45, 7) is 0.569. The van der Waals surface area contributed by atoms with Crippen molar-refractivity contribution >= 4 is 22.8 Å². The second-order valence-electron chi connectivity index (χ2n) is 4.31. The SMILES string of the molecule is COc1ccc(CNc2nc3ccc(N)cc3o2)cn1. The molecule has 102 valence electrons. The van der Waals surface area contributed by atoms with Gasteiger partial charge in [0.05, 0.1) is 7.11 Å². The summed E-state index contributed by atoms with van der Waals surface area (Å²) in [5, 5.41) is 3.11. The Labute approximate surface area is 115 Å². The number of methoxy groups -OCH3 is 1. The van der Waals surface area contributed by atoms with Crippen molar-refractivity contribution in [2.45, 2.75) is 6.54 Å². The van der Waals surface area contributed by atoms with Gasteiger partial charge in [-0.05, 0) is 17.7 Å². The minimum Gasteiger partial charge on any atom is -0.481 e. The van der Waals surface area contributed by atoms with Crippen molar-refractivity contribution in [1.29, 1.82) is 0 Å². The number of pyridine rings is 1. The van der Waals surface area contributed by atoms with Gasteiger partial charge in [0.1, 0.15) is 5.52 Å². The lowest BCUT2D eigenvalue weighted by Crippen LogP contribution is -2.00. The predicted molar refractivity (Wildman–Crippen MR) is 76.5 cm³/mol. The van der Waals surface area contributed by atoms with Gasteiger partial charge in [-0.2, -0.15) is 4.98 Å². The molecule has 6 heteroatoms. The number of aromatic nitrogens is 2. The fourth-order valence-corrected chi connectivity index (χ4v) is 1.83. The molecule has 0 bridgehead atoms. The predicted octanol–water partition coefficient (Wildman–Crippen LogP) is 2.43. The first-order chi connectivity index (χ1) is 9.74. The second-order valence-corrected chi connectivity index (χ2v) is 4.31. The zero-order valence-electron chi connectivity index (χ0n) is 11.0. The van der Waals surface area contributed by atoms with Crippen LogP contribution in [0.25, 0.3) is 11.1 Å². The zero-order valence-corrected chi connectivity index (χ0v) is 11.0. The number of rotatable bonds is 4. The number of nitrogens with zero attached hydrogens (tertiary/aromatic N) is 2. The molecule has 0 aliphatic carbocycles. The van der Waals surface area contributed by atoms with Gasteiger partial charge < -0.3 is 20.2 Å².